The number of H-pyrrole nitrogens is 1. The van der Waals surface area contributed by atoms with Gasteiger partial charge < -0.3 is 17.7 Å². The molecular formula is C13H15ClN3O+. The van der Waals surface area contributed by atoms with Crippen LogP contribution in [0.25, 0.3) is 11.1 Å². The standard InChI is InChI=1S/C13H13N3O.ClH/c1-14-13(17)10-16-8-4-12(5-9-16)11-2-6-15-7-3-11;/h2-9H,10H2,1H3;1H/p+1. The topological polar surface area (TPSA) is 47.1 Å². The highest BCUT2D eigenvalue weighted by atomic mass is 35.5. The van der Waals surface area contributed by atoms with Crippen LogP contribution in [0.5, 0.6) is 0 Å². The van der Waals surface area contributed by atoms with Gasteiger partial charge in [0.2, 0.25) is 6.54 Å². The van der Waals surface area contributed by atoms with Gasteiger partial charge in [-0.25, -0.2) is 4.98 Å². The molecule has 4 nitrogen and oxygen atoms in total. The second kappa shape index (κ2) is 6.71. The summed E-state index contributed by atoms with van der Waals surface area (Å²) in [6.45, 7) is 0.347. The number of hydrogen-bond donors (Lipinski definition) is 1. The van der Waals surface area contributed by atoms with E-state index in [1.165, 1.54) is 0 Å². The molecule has 0 radical (unpaired) electrons. The highest BCUT2D eigenvalue weighted by molar-refractivity contribution is 5.73. The number of likely N-dealkylation sites (N-methyl/N-ethyl adjacent to an activating group) is 1. The second-order valence-corrected chi connectivity index (χ2v) is 3.72. The fourth-order valence-corrected chi connectivity index (χ4v) is 1.58. The van der Waals surface area contributed by atoms with Gasteiger partial charge in [0, 0.05) is 31.3 Å². The van der Waals surface area contributed by atoms with Crippen LogP contribution in [0.3, 0.4) is 0 Å². The predicted molar refractivity (Wildman–Crippen MR) is 62.7 cm³/mol. The van der Waals surface area contributed by atoms with Crippen molar-refractivity contribution in [3.05, 3.63) is 49.1 Å². The normalized spacial score (nSPS) is 9.39. The molecule has 0 unspecified atom stereocenters. The monoisotopic (exact) mass is 264 g/mol. The lowest BCUT2D eigenvalue weighted by Crippen LogP contribution is -3.00. The van der Waals surface area contributed by atoms with Crippen LogP contribution in [0, 0.1) is 0 Å². The van der Waals surface area contributed by atoms with Crippen LogP contribution >= 0.6 is 0 Å². The van der Waals surface area contributed by atoms with E-state index in [4.69, 9.17) is 0 Å². The molecule has 0 bridgehead atoms. The minimum absolute atomic E-state index is 0. The Morgan fingerprint density at radius 3 is 2.28 bits per heavy atom. The molecule has 0 aliphatic heterocycles. The number of carbonyl (C=O) groups is 1. The number of pyridine rings is 2. The maximum absolute atomic E-state index is 11.2. The third kappa shape index (κ3) is 3.53. The zero-order valence-corrected chi connectivity index (χ0v) is 10.8. The van der Waals surface area contributed by atoms with Crippen molar-refractivity contribution in [2.45, 2.75) is 6.54 Å². The summed E-state index contributed by atoms with van der Waals surface area (Å²) in [6.07, 6.45) is 7.59. The van der Waals surface area contributed by atoms with E-state index in [-0.39, 0.29) is 18.3 Å². The summed E-state index contributed by atoms with van der Waals surface area (Å²) in [4.78, 5) is 14.2. The molecule has 2 aromatic rings. The molecule has 0 aromatic carbocycles. The first-order valence-corrected chi connectivity index (χ1v) is 5.46. The van der Waals surface area contributed by atoms with Crippen LogP contribution < -0.4 is 27.3 Å². The van der Waals surface area contributed by atoms with Gasteiger partial charge in [-0.1, -0.05) is 0 Å². The Labute approximate surface area is 112 Å². The van der Waals surface area contributed by atoms with Gasteiger partial charge in [-0.3, -0.25) is 4.79 Å². The lowest BCUT2D eigenvalue weighted by molar-refractivity contribution is -0.684. The highest BCUT2D eigenvalue weighted by Gasteiger charge is 2.07. The lowest BCUT2D eigenvalue weighted by atomic mass is 10.1. The summed E-state index contributed by atoms with van der Waals surface area (Å²) in [5.41, 5.74) is 2.28. The zero-order valence-electron chi connectivity index (χ0n) is 10.1. The summed E-state index contributed by atoms with van der Waals surface area (Å²) in [5.74, 6) is -0.00272. The van der Waals surface area contributed by atoms with Crippen LogP contribution in [-0.4, -0.2) is 13.0 Å². The van der Waals surface area contributed by atoms with Crippen LogP contribution in [0.4, 0.5) is 0 Å². The first-order chi connectivity index (χ1) is 8.29. The maximum Gasteiger partial charge on any atom is 0.285 e. The van der Waals surface area contributed by atoms with Crippen molar-refractivity contribution in [1.82, 2.24) is 5.32 Å². The third-order valence-corrected chi connectivity index (χ3v) is 2.55. The van der Waals surface area contributed by atoms with E-state index in [1.807, 2.05) is 53.6 Å². The molecule has 2 heterocycles. The van der Waals surface area contributed by atoms with Crippen molar-refractivity contribution in [3.63, 3.8) is 0 Å². The van der Waals surface area contributed by atoms with Gasteiger partial charge in [0.1, 0.15) is 0 Å². The van der Waals surface area contributed by atoms with E-state index in [0.29, 0.717) is 6.54 Å². The number of aromatic amines is 1. The average molecular weight is 265 g/mol. The van der Waals surface area contributed by atoms with E-state index in [2.05, 4.69) is 10.3 Å². The van der Waals surface area contributed by atoms with E-state index in [0.717, 1.165) is 11.1 Å². The van der Waals surface area contributed by atoms with Gasteiger partial charge in [0.05, 0.1) is 0 Å². The fraction of sp³-hybridized carbons (Fsp3) is 0.154. The minimum Gasteiger partial charge on any atom is -1.00 e. The number of amides is 1. The summed E-state index contributed by atoms with van der Waals surface area (Å²) in [7, 11) is 1.64. The Balaban J connectivity index is 0.00000162. The average Bonchev–Trinajstić information content (AvgIpc) is 2.40. The molecule has 0 fully saturated rings. The van der Waals surface area contributed by atoms with Crippen molar-refractivity contribution in [3.8, 4) is 11.1 Å². The molecule has 0 aliphatic rings. The largest absolute Gasteiger partial charge is 1.00 e. The molecule has 0 spiro atoms. The highest BCUT2D eigenvalue weighted by Crippen LogP contribution is 2.14. The van der Waals surface area contributed by atoms with Gasteiger partial charge >= 0.3 is 0 Å². The molecule has 2 aromatic heterocycles. The Morgan fingerprint density at radius 2 is 1.72 bits per heavy atom. The van der Waals surface area contributed by atoms with Gasteiger partial charge in [-0.05, 0) is 11.1 Å². The van der Waals surface area contributed by atoms with Crippen molar-refractivity contribution in [2.24, 2.45) is 0 Å². The Morgan fingerprint density at radius 1 is 1.17 bits per heavy atom. The molecule has 18 heavy (non-hydrogen) atoms. The number of nitrogens with one attached hydrogen (secondary N) is 2. The van der Waals surface area contributed by atoms with Crippen LogP contribution in [0.1, 0.15) is 0 Å². The van der Waals surface area contributed by atoms with Gasteiger partial charge in [0.25, 0.3) is 5.91 Å². The van der Waals surface area contributed by atoms with Crippen LogP contribution in [0.15, 0.2) is 49.1 Å². The predicted octanol–water partition coefficient (Wildman–Crippen LogP) is -2.79. The molecule has 0 aliphatic carbocycles. The molecule has 0 saturated carbocycles. The molecule has 2 rings (SSSR count). The van der Waals surface area contributed by atoms with E-state index < -0.39 is 0 Å². The number of nitrogens with zero attached hydrogens (tertiary/aromatic N) is 1. The SMILES string of the molecule is CNC(=O)C[n+]1ccc(-c2cc[nH+]cc2)cc1.[Cl-]. The van der Waals surface area contributed by atoms with Crippen LogP contribution in [0.2, 0.25) is 0 Å². The van der Waals surface area contributed by atoms with Gasteiger partial charge in [-0.2, -0.15) is 4.57 Å². The quantitative estimate of drug-likeness (QED) is 0.599. The van der Waals surface area contributed by atoms with E-state index in [9.17, 15) is 4.79 Å². The summed E-state index contributed by atoms with van der Waals surface area (Å²) >= 11 is 0. The van der Waals surface area contributed by atoms with E-state index >= 15 is 0 Å². The Hall–Kier alpha value is -1.94. The number of aromatic nitrogens is 2. The third-order valence-electron chi connectivity index (χ3n) is 2.55. The zero-order chi connectivity index (χ0) is 12.1. The number of rotatable bonds is 3. The minimum atomic E-state index is -0.00272. The smallest absolute Gasteiger partial charge is 0.285 e. The second-order valence-electron chi connectivity index (χ2n) is 3.72. The maximum atomic E-state index is 11.2. The van der Waals surface area contributed by atoms with Gasteiger partial charge in [-0.15, -0.1) is 0 Å². The summed E-state index contributed by atoms with van der Waals surface area (Å²) in [5, 5.41) is 2.60. The molecule has 2 N–H and O–H groups in total. The number of hydrogen-bond acceptors (Lipinski definition) is 1. The number of carbonyl (C=O) groups excluding carboxylic acids is 1. The van der Waals surface area contributed by atoms with Gasteiger partial charge in [0.15, 0.2) is 24.8 Å². The molecule has 94 valence electrons. The van der Waals surface area contributed by atoms with Crippen molar-refractivity contribution >= 4 is 5.91 Å². The van der Waals surface area contributed by atoms with Crippen molar-refractivity contribution < 1.29 is 26.8 Å². The lowest BCUT2D eigenvalue weighted by Gasteiger charge is -1.99. The summed E-state index contributed by atoms with van der Waals surface area (Å²) in [6, 6.07) is 8.02. The molecule has 0 saturated heterocycles. The van der Waals surface area contributed by atoms with Crippen molar-refractivity contribution in [1.29, 1.82) is 0 Å². The fourth-order valence-electron chi connectivity index (χ4n) is 1.58. The molecule has 0 atom stereocenters. The summed E-state index contributed by atoms with van der Waals surface area (Å²) < 4.78 is 1.84. The molecule has 1 amide bonds. The first-order valence-electron chi connectivity index (χ1n) is 5.46. The van der Waals surface area contributed by atoms with Crippen molar-refractivity contribution in [2.75, 3.05) is 7.05 Å². The Bertz CT molecular complexity index is 499. The Kier molecular flexibility index (Phi) is 5.27. The number of halogens is 1. The van der Waals surface area contributed by atoms with Crippen LogP contribution in [-0.2, 0) is 11.3 Å². The first kappa shape index (κ1) is 14.1. The molecular weight excluding hydrogens is 250 g/mol. The molecule has 5 heteroatoms. The van der Waals surface area contributed by atoms with E-state index in [1.54, 1.807) is 7.05 Å².